The fourth-order valence-electron chi connectivity index (χ4n) is 2.76. The van der Waals surface area contributed by atoms with Crippen LogP contribution in [-0.2, 0) is 27.9 Å². The fraction of sp³-hybridized carbons (Fsp3) is 0.706. The number of aromatic amines is 1. The van der Waals surface area contributed by atoms with E-state index in [1.165, 1.54) is 6.92 Å². The van der Waals surface area contributed by atoms with Gasteiger partial charge in [-0.3, -0.25) is 23.7 Å². The number of esters is 1. The predicted molar refractivity (Wildman–Crippen MR) is 103 cm³/mol. The third-order valence-corrected chi connectivity index (χ3v) is 5.57. The minimum atomic E-state index is -4.77. The standard InChI is InChI=1S/C17H26FN2O10P/c1-5-17(8-28-31(25,26)29-9-27-14(23)16(2,3)4)12(22)11(18)13(30-17)20-7-6-10(21)19-15(20)24/h6-7,11-13,22H,5,8-9H2,1-4H3,(H,25,26)(H,19,21,24)/t11-,12+,13-,17-/m1/s1. The molecule has 1 unspecified atom stereocenters. The van der Waals surface area contributed by atoms with Crippen LogP contribution < -0.4 is 11.2 Å². The van der Waals surface area contributed by atoms with E-state index >= 15 is 0 Å². The van der Waals surface area contributed by atoms with Crippen molar-refractivity contribution in [2.45, 2.75) is 58.2 Å². The van der Waals surface area contributed by atoms with E-state index in [0.717, 1.165) is 16.8 Å². The number of phosphoric acid groups is 1. The van der Waals surface area contributed by atoms with Crippen LogP contribution in [0.1, 0.15) is 40.3 Å². The molecular formula is C17H26FN2O10P. The van der Waals surface area contributed by atoms with Crippen molar-refractivity contribution < 1.29 is 42.3 Å². The van der Waals surface area contributed by atoms with Crippen molar-refractivity contribution in [1.82, 2.24) is 9.55 Å². The minimum absolute atomic E-state index is 0.0673. The summed E-state index contributed by atoms with van der Waals surface area (Å²) >= 11 is 0. The zero-order valence-electron chi connectivity index (χ0n) is 17.4. The molecule has 0 saturated carbocycles. The zero-order chi connectivity index (χ0) is 23.6. The molecule has 0 aromatic carbocycles. The van der Waals surface area contributed by atoms with Gasteiger partial charge < -0.3 is 19.5 Å². The molecule has 1 aromatic heterocycles. The normalized spacial score (nSPS) is 28.3. The predicted octanol–water partition coefficient (Wildman–Crippen LogP) is 0.594. The summed E-state index contributed by atoms with van der Waals surface area (Å²) in [6, 6.07) is 0.973. The zero-order valence-corrected chi connectivity index (χ0v) is 18.3. The van der Waals surface area contributed by atoms with Crippen molar-refractivity contribution in [3.05, 3.63) is 33.1 Å². The molecule has 0 spiro atoms. The van der Waals surface area contributed by atoms with E-state index in [-0.39, 0.29) is 6.42 Å². The molecule has 1 aliphatic rings. The summed E-state index contributed by atoms with van der Waals surface area (Å²) < 4.78 is 47.2. The molecule has 2 rings (SSSR count). The van der Waals surface area contributed by atoms with Crippen molar-refractivity contribution in [3.8, 4) is 0 Å². The van der Waals surface area contributed by atoms with Crippen molar-refractivity contribution >= 4 is 13.8 Å². The Hall–Kier alpha value is -1.89. The average molecular weight is 468 g/mol. The maximum absolute atomic E-state index is 14.8. The number of aliphatic hydroxyl groups is 1. The first-order chi connectivity index (χ1) is 14.2. The number of rotatable bonds is 8. The first-order valence-electron chi connectivity index (χ1n) is 9.33. The highest BCUT2D eigenvalue weighted by Crippen LogP contribution is 2.48. The van der Waals surface area contributed by atoms with Crippen molar-refractivity contribution in [1.29, 1.82) is 0 Å². The second-order valence-corrected chi connectivity index (χ2v) is 9.46. The summed E-state index contributed by atoms with van der Waals surface area (Å²) in [5.74, 6) is -0.679. The number of hydrogen-bond donors (Lipinski definition) is 3. The molecular weight excluding hydrogens is 442 g/mol. The molecule has 3 N–H and O–H groups in total. The van der Waals surface area contributed by atoms with Gasteiger partial charge in [0, 0.05) is 12.3 Å². The second-order valence-electron chi connectivity index (χ2n) is 8.00. The largest absolute Gasteiger partial charge is 0.475 e. The molecule has 1 fully saturated rings. The molecule has 2 heterocycles. The van der Waals surface area contributed by atoms with Gasteiger partial charge in [-0.1, -0.05) is 6.92 Å². The number of nitrogens with zero attached hydrogens (tertiary/aromatic N) is 1. The quantitative estimate of drug-likeness (QED) is 0.279. The van der Waals surface area contributed by atoms with E-state index in [4.69, 9.17) is 14.0 Å². The van der Waals surface area contributed by atoms with Crippen LogP contribution in [0.4, 0.5) is 4.39 Å². The Morgan fingerprint density at radius 1 is 1.39 bits per heavy atom. The van der Waals surface area contributed by atoms with Gasteiger partial charge >= 0.3 is 19.5 Å². The SMILES string of the molecule is CC[C@]1(COP(=O)(O)OCOC(=O)C(C)(C)C)O[C@@H](n2ccc(=O)[nH]c2=O)[C@H](F)[C@@H]1O. The molecule has 31 heavy (non-hydrogen) atoms. The summed E-state index contributed by atoms with van der Waals surface area (Å²) in [4.78, 5) is 46.5. The van der Waals surface area contributed by atoms with Crippen molar-refractivity contribution in [2.75, 3.05) is 13.4 Å². The van der Waals surface area contributed by atoms with E-state index < -0.39 is 68.0 Å². The number of carbonyl (C=O) groups excluding carboxylic acids is 1. The number of H-pyrrole nitrogens is 1. The van der Waals surface area contributed by atoms with Gasteiger partial charge in [-0.05, 0) is 27.2 Å². The Morgan fingerprint density at radius 2 is 2.03 bits per heavy atom. The maximum atomic E-state index is 14.8. The van der Waals surface area contributed by atoms with E-state index in [2.05, 4.69) is 4.52 Å². The van der Waals surface area contributed by atoms with Crippen LogP contribution in [0.25, 0.3) is 0 Å². The molecule has 12 nitrogen and oxygen atoms in total. The topological polar surface area (TPSA) is 166 Å². The Kier molecular flexibility index (Phi) is 7.62. The van der Waals surface area contributed by atoms with Crippen LogP contribution in [-0.4, -0.2) is 56.8 Å². The maximum Gasteiger partial charge on any atom is 0.475 e. The van der Waals surface area contributed by atoms with Crippen molar-refractivity contribution in [3.63, 3.8) is 0 Å². The lowest BCUT2D eigenvalue weighted by Crippen LogP contribution is -2.45. The molecule has 0 bridgehead atoms. The van der Waals surface area contributed by atoms with Crippen LogP contribution in [0.2, 0.25) is 0 Å². The molecule has 1 aromatic rings. The number of carbonyl (C=O) groups is 1. The monoisotopic (exact) mass is 468 g/mol. The Labute approximate surface area is 176 Å². The Balaban J connectivity index is 2.08. The van der Waals surface area contributed by atoms with E-state index in [1.54, 1.807) is 20.8 Å². The number of ether oxygens (including phenoxy) is 2. The van der Waals surface area contributed by atoms with Crippen LogP contribution in [0.5, 0.6) is 0 Å². The Morgan fingerprint density at radius 3 is 2.58 bits per heavy atom. The highest BCUT2D eigenvalue weighted by Gasteiger charge is 2.56. The molecule has 176 valence electrons. The number of aromatic nitrogens is 2. The first-order valence-corrected chi connectivity index (χ1v) is 10.8. The van der Waals surface area contributed by atoms with Crippen molar-refractivity contribution in [2.24, 2.45) is 5.41 Å². The molecule has 5 atom stereocenters. The van der Waals surface area contributed by atoms with Crippen LogP contribution in [0.15, 0.2) is 21.9 Å². The lowest BCUT2D eigenvalue weighted by Gasteiger charge is -2.30. The van der Waals surface area contributed by atoms with Gasteiger partial charge in [0.15, 0.2) is 12.4 Å². The number of nitrogens with one attached hydrogen (secondary N) is 1. The van der Waals surface area contributed by atoms with E-state index in [1.807, 2.05) is 4.98 Å². The number of hydrogen-bond acceptors (Lipinski definition) is 9. The highest BCUT2D eigenvalue weighted by molar-refractivity contribution is 7.47. The Bertz CT molecular complexity index is 957. The van der Waals surface area contributed by atoms with Crippen LogP contribution >= 0.6 is 7.82 Å². The molecule has 14 heteroatoms. The molecule has 0 aliphatic carbocycles. The van der Waals surface area contributed by atoms with Crippen LogP contribution in [0.3, 0.4) is 0 Å². The molecule has 1 aliphatic heterocycles. The first kappa shape index (κ1) is 25.4. The highest BCUT2D eigenvalue weighted by atomic mass is 31.2. The number of alkyl halides is 1. The van der Waals surface area contributed by atoms with Crippen LogP contribution in [0, 0.1) is 5.41 Å². The van der Waals surface area contributed by atoms with Gasteiger partial charge in [-0.25, -0.2) is 18.3 Å². The molecule has 0 amide bonds. The molecule has 1 saturated heterocycles. The van der Waals surface area contributed by atoms with Gasteiger partial charge in [-0.2, -0.15) is 0 Å². The summed E-state index contributed by atoms with van der Waals surface area (Å²) in [5.41, 5.74) is -4.32. The number of aliphatic hydroxyl groups excluding tert-OH is 1. The van der Waals surface area contributed by atoms with Gasteiger partial charge in [0.2, 0.25) is 6.79 Å². The lowest BCUT2D eigenvalue weighted by atomic mass is 9.94. The van der Waals surface area contributed by atoms with Gasteiger partial charge in [-0.15, -0.1) is 0 Å². The number of halogens is 1. The third-order valence-electron chi connectivity index (χ3n) is 4.68. The van der Waals surface area contributed by atoms with E-state index in [9.17, 15) is 33.3 Å². The second kappa shape index (κ2) is 9.31. The van der Waals surface area contributed by atoms with Gasteiger partial charge in [0.25, 0.3) is 5.56 Å². The van der Waals surface area contributed by atoms with E-state index in [0.29, 0.717) is 0 Å². The minimum Gasteiger partial charge on any atom is -0.437 e. The average Bonchev–Trinajstić information content (AvgIpc) is 2.91. The number of phosphoric ester groups is 1. The lowest BCUT2D eigenvalue weighted by molar-refractivity contribution is -0.161. The summed E-state index contributed by atoms with van der Waals surface area (Å²) in [7, 11) is -4.77. The fourth-order valence-corrected chi connectivity index (χ4v) is 3.41. The van der Waals surface area contributed by atoms with Gasteiger partial charge in [0.05, 0.1) is 12.0 Å². The third kappa shape index (κ3) is 5.88. The molecule has 0 radical (unpaired) electrons. The summed E-state index contributed by atoms with van der Waals surface area (Å²) in [6.45, 7) is 4.59. The summed E-state index contributed by atoms with van der Waals surface area (Å²) in [5, 5.41) is 10.4. The smallest absolute Gasteiger partial charge is 0.437 e. The summed E-state index contributed by atoms with van der Waals surface area (Å²) in [6.07, 6.45) is -4.63. The van der Waals surface area contributed by atoms with Gasteiger partial charge in [0.1, 0.15) is 11.7 Å².